The first kappa shape index (κ1) is 23.4. The van der Waals surface area contributed by atoms with Gasteiger partial charge in [0.2, 0.25) is 10.0 Å². The fourth-order valence-corrected chi connectivity index (χ4v) is 5.18. The predicted molar refractivity (Wildman–Crippen MR) is 122 cm³/mol. The molecule has 0 amide bonds. The fraction of sp³-hybridized carbons (Fsp3) is 0.409. The number of sulfonamides is 1. The zero-order chi connectivity index (χ0) is 22.4. The second-order valence-corrected chi connectivity index (χ2v) is 9.48. The summed E-state index contributed by atoms with van der Waals surface area (Å²) in [7, 11) is 1.02. The molecule has 7 nitrogen and oxygen atoms in total. The highest BCUT2D eigenvalue weighted by molar-refractivity contribution is 7.89. The van der Waals surface area contributed by atoms with Crippen LogP contribution in [0.25, 0.3) is 0 Å². The third-order valence-corrected chi connectivity index (χ3v) is 7.41. The molecule has 1 aliphatic heterocycles. The van der Waals surface area contributed by atoms with Gasteiger partial charge in [-0.1, -0.05) is 24.4 Å². The van der Waals surface area contributed by atoms with Crippen molar-refractivity contribution in [2.24, 2.45) is 4.99 Å². The normalized spacial score (nSPS) is 15.6. The molecule has 1 aliphatic rings. The molecule has 0 aromatic heterocycles. The molecule has 31 heavy (non-hydrogen) atoms. The number of nitrogens with zero attached hydrogens (tertiary/aromatic N) is 2. The summed E-state index contributed by atoms with van der Waals surface area (Å²) >= 11 is 6.31. The first-order chi connectivity index (χ1) is 14.9. The summed E-state index contributed by atoms with van der Waals surface area (Å²) in [6.07, 6.45) is 5.41. The molecule has 0 saturated carbocycles. The van der Waals surface area contributed by atoms with Crippen molar-refractivity contribution in [2.75, 3.05) is 34.4 Å². The molecule has 0 atom stereocenters. The van der Waals surface area contributed by atoms with Crippen molar-refractivity contribution >= 4 is 33.5 Å². The van der Waals surface area contributed by atoms with Crippen LogP contribution >= 0.6 is 11.6 Å². The first-order valence-electron chi connectivity index (χ1n) is 10.0. The molecule has 9 heteroatoms. The van der Waals surface area contributed by atoms with E-state index in [1.807, 2.05) is 0 Å². The minimum absolute atomic E-state index is 0.185. The van der Waals surface area contributed by atoms with Gasteiger partial charge in [0, 0.05) is 30.9 Å². The zero-order valence-electron chi connectivity index (χ0n) is 17.9. The van der Waals surface area contributed by atoms with Crippen LogP contribution in [0.4, 0.5) is 5.69 Å². The highest BCUT2D eigenvalue weighted by Crippen LogP contribution is 2.35. The molecular weight excluding hydrogens is 440 g/mol. The van der Waals surface area contributed by atoms with Gasteiger partial charge >= 0.3 is 0 Å². The number of methoxy groups -OCH3 is 3. The Bertz CT molecular complexity index is 1050. The van der Waals surface area contributed by atoms with Gasteiger partial charge in [-0.05, 0) is 37.1 Å². The number of aliphatic imine (C=N–C) groups is 1. The Morgan fingerprint density at radius 1 is 0.903 bits per heavy atom. The standard InChI is InChI=1S/C22H27ClN2O5S/c1-28-20-14-22(30-3)21(29-2)12-16(20)15-24-19-13-17(8-9-18(19)23)31(26,27)25-10-6-4-5-7-11-25/h8-9,12-15H,4-7,10-11H2,1-3H3. The van der Waals surface area contributed by atoms with Crippen molar-refractivity contribution < 1.29 is 22.6 Å². The van der Waals surface area contributed by atoms with Gasteiger partial charge in [0.15, 0.2) is 11.5 Å². The fourth-order valence-electron chi connectivity index (χ4n) is 3.48. The molecule has 0 aliphatic carbocycles. The number of rotatable bonds is 7. The van der Waals surface area contributed by atoms with Crippen LogP contribution in [0, 0.1) is 0 Å². The minimum Gasteiger partial charge on any atom is -0.496 e. The maximum atomic E-state index is 13.1. The van der Waals surface area contributed by atoms with Crippen LogP contribution in [0.1, 0.15) is 31.2 Å². The number of benzene rings is 2. The topological polar surface area (TPSA) is 77.4 Å². The van der Waals surface area contributed by atoms with Crippen LogP contribution in [0.2, 0.25) is 5.02 Å². The zero-order valence-corrected chi connectivity index (χ0v) is 19.5. The molecule has 2 aromatic rings. The van der Waals surface area contributed by atoms with Crippen LogP contribution in [0.3, 0.4) is 0 Å². The molecule has 3 rings (SSSR count). The van der Waals surface area contributed by atoms with Crippen LogP contribution in [-0.4, -0.2) is 53.4 Å². The van der Waals surface area contributed by atoms with Gasteiger partial charge in [-0.15, -0.1) is 0 Å². The van der Waals surface area contributed by atoms with Gasteiger partial charge in [0.25, 0.3) is 0 Å². The van der Waals surface area contributed by atoms with Crippen LogP contribution in [-0.2, 0) is 10.0 Å². The van der Waals surface area contributed by atoms with Crippen molar-refractivity contribution in [3.8, 4) is 17.2 Å². The van der Waals surface area contributed by atoms with E-state index in [1.54, 1.807) is 50.0 Å². The van der Waals surface area contributed by atoms with Crippen LogP contribution < -0.4 is 14.2 Å². The second-order valence-electron chi connectivity index (χ2n) is 7.14. The summed E-state index contributed by atoms with van der Waals surface area (Å²) < 4.78 is 43.8. The molecular formula is C22H27ClN2O5S. The van der Waals surface area contributed by atoms with Gasteiger partial charge in [-0.25, -0.2) is 8.42 Å². The summed E-state index contributed by atoms with van der Waals surface area (Å²) in [5, 5.41) is 0.352. The molecule has 1 heterocycles. The molecule has 0 bridgehead atoms. The highest BCUT2D eigenvalue weighted by atomic mass is 35.5. The van der Waals surface area contributed by atoms with E-state index in [4.69, 9.17) is 25.8 Å². The monoisotopic (exact) mass is 466 g/mol. The van der Waals surface area contributed by atoms with Crippen molar-refractivity contribution in [3.05, 3.63) is 40.9 Å². The summed E-state index contributed by atoms with van der Waals surface area (Å²) in [6, 6.07) is 8.02. The quantitative estimate of drug-likeness (QED) is 0.553. The Labute approximate surface area is 188 Å². The van der Waals surface area contributed by atoms with E-state index in [-0.39, 0.29) is 4.90 Å². The van der Waals surface area contributed by atoms with Crippen molar-refractivity contribution in [2.45, 2.75) is 30.6 Å². The van der Waals surface area contributed by atoms with Gasteiger partial charge < -0.3 is 14.2 Å². The lowest BCUT2D eigenvalue weighted by Gasteiger charge is -2.20. The lowest BCUT2D eigenvalue weighted by Crippen LogP contribution is -2.31. The van der Waals surface area contributed by atoms with Crippen molar-refractivity contribution in [3.63, 3.8) is 0 Å². The number of ether oxygens (including phenoxy) is 3. The third-order valence-electron chi connectivity index (χ3n) is 5.20. The lowest BCUT2D eigenvalue weighted by molar-refractivity contribution is 0.349. The van der Waals surface area contributed by atoms with E-state index in [1.165, 1.54) is 12.1 Å². The molecule has 0 unspecified atom stereocenters. The van der Waals surface area contributed by atoms with Crippen LogP contribution in [0.15, 0.2) is 40.2 Å². The second kappa shape index (κ2) is 10.3. The van der Waals surface area contributed by atoms with Crippen molar-refractivity contribution in [1.82, 2.24) is 4.31 Å². The largest absolute Gasteiger partial charge is 0.496 e. The highest BCUT2D eigenvalue weighted by Gasteiger charge is 2.25. The molecule has 0 radical (unpaired) electrons. The Morgan fingerprint density at radius 2 is 1.52 bits per heavy atom. The summed E-state index contributed by atoms with van der Waals surface area (Å²) in [5.74, 6) is 1.58. The molecule has 0 spiro atoms. The van der Waals surface area contributed by atoms with E-state index in [2.05, 4.69) is 4.99 Å². The van der Waals surface area contributed by atoms with E-state index in [0.29, 0.717) is 46.6 Å². The van der Waals surface area contributed by atoms with E-state index >= 15 is 0 Å². The number of halogens is 1. The smallest absolute Gasteiger partial charge is 0.243 e. The summed E-state index contributed by atoms with van der Waals surface area (Å²) in [4.78, 5) is 4.62. The van der Waals surface area contributed by atoms with Gasteiger partial charge in [-0.2, -0.15) is 4.31 Å². The minimum atomic E-state index is -3.60. The molecule has 168 valence electrons. The predicted octanol–water partition coefficient (Wildman–Crippen LogP) is 4.68. The Morgan fingerprint density at radius 3 is 2.13 bits per heavy atom. The molecule has 1 saturated heterocycles. The van der Waals surface area contributed by atoms with Crippen molar-refractivity contribution in [1.29, 1.82) is 0 Å². The third kappa shape index (κ3) is 5.31. The van der Waals surface area contributed by atoms with Gasteiger partial charge in [-0.3, -0.25) is 4.99 Å². The average molecular weight is 467 g/mol. The molecule has 0 N–H and O–H groups in total. The first-order valence-corrected chi connectivity index (χ1v) is 11.9. The van der Waals surface area contributed by atoms with Gasteiger partial charge in [0.1, 0.15) is 5.75 Å². The van der Waals surface area contributed by atoms with Crippen LogP contribution in [0.5, 0.6) is 17.2 Å². The molecule has 1 fully saturated rings. The maximum absolute atomic E-state index is 13.1. The number of hydrogen-bond donors (Lipinski definition) is 0. The summed E-state index contributed by atoms with van der Waals surface area (Å²) in [5.41, 5.74) is 0.992. The Balaban J connectivity index is 1.95. The summed E-state index contributed by atoms with van der Waals surface area (Å²) in [6.45, 7) is 1.07. The van der Waals surface area contributed by atoms with E-state index in [9.17, 15) is 8.42 Å². The Hall–Kier alpha value is -2.29. The number of hydrogen-bond acceptors (Lipinski definition) is 6. The van der Waals surface area contributed by atoms with Gasteiger partial charge in [0.05, 0.1) is 36.9 Å². The maximum Gasteiger partial charge on any atom is 0.243 e. The lowest BCUT2D eigenvalue weighted by atomic mass is 10.2. The van der Waals surface area contributed by atoms with E-state index < -0.39 is 10.0 Å². The Kier molecular flexibility index (Phi) is 7.80. The molecule has 2 aromatic carbocycles. The van der Waals surface area contributed by atoms with E-state index in [0.717, 1.165) is 25.7 Å². The SMILES string of the molecule is COc1cc(OC)c(OC)cc1C=Nc1cc(S(=O)(=O)N2CCCCCC2)ccc1Cl. The average Bonchev–Trinajstić information content (AvgIpc) is 3.08.